The Morgan fingerprint density at radius 2 is 1.79 bits per heavy atom. The third kappa shape index (κ3) is 3.07. The summed E-state index contributed by atoms with van der Waals surface area (Å²) in [6.07, 6.45) is -2.11. The maximum Gasteiger partial charge on any atom is 0.253 e. The average molecular weight is 199 g/mol. The minimum absolute atomic E-state index is 0.0835. The topological polar surface area (TPSA) is 26.0 Å². The van der Waals surface area contributed by atoms with Crippen molar-refractivity contribution < 1.29 is 8.78 Å². The lowest BCUT2D eigenvalue weighted by molar-refractivity contribution is 0.109. The number of halogens is 2. The number of alkyl halides is 2. The molecular formula is C11H15F2N. The summed E-state index contributed by atoms with van der Waals surface area (Å²) < 4.78 is 24.4. The smallest absolute Gasteiger partial charge is 0.253 e. The molecule has 0 aromatic heterocycles. The van der Waals surface area contributed by atoms with Crippen molar-refractivity contribution in [2.75, 3.05) is 0 Å². The molecule has 0 radical (unpaired) electrons. The van der Waals surface area contributed by atoms with Crippen molar-refractivity contribution >= 4 is 0 Å². The number of hydrogen-bond acceptors (Lipinski definition) is 1. The van der Waals surface area contributed by atoms with E-state index in [0.717, 1.165) is 5.56 Å². The highest BCUT2D eigenvalue weighted by molar-refractivity contribution is 5.18. The maximum atomic E-state index is 12.2. The zero-order chi connectivity index (χ0) is 10.6. The molecular weight excluding hydrogens is 184 g/mol. The van der Waals surface area contributed by atoms with Gasteiger partial charge in [0.05, 0.1) is 6.04 Å². The van der Waals surface area contributed by atoms with Gasteiger partial charge in [-0.15, -0.1) is 0 Å². The van der Waals surface area contributed by atoms with E-state index in [4.69, 9.17) is 5.73 Å². The van der Waals surface area contributed by atoms with Crippen LogP contribution >= 0.6 is 0 Å². The standard InChI is InChI=1S/C11H15F2N/c1-8(7-10(14)11(12)13)9-5-3-2-4-6-9/h2-6,8,10-11H,7,14H2,1H3. The molecule has 1 nitrogen and oxygen atoms in total. The van der Waals surface area contributed by atoms with Crippen molar-refractivity contribution in [1.82, 2.24) is 0 Å². The summed E-state index contributed by atoms with van der Waals surface area (Å²) in [7, 11) is 0. The second-order valence-corrected chi connectivity index (χ2v) is 3.55. The Hall–Kier alpha value is -0.960. The first-order chi connectivity index (χ1) is 6.61. The van der Waals surface area contributed by atoms with Crippen LogP contribution in [0.4, 0.5) is 8.78 Å². The molecule has 0 amide bonds. The monoisotopic (exact) mass is 199 g/mol. The molecule has 0 saturated heterocycles. The van der Waals surface area contributed by atoms with E-state index < -0.39 is 12.5 Å². The molecule has 0 aliphatic carbocycles. The third-order valence-electron chi connectivity index (χ3n) is 2.32. The maximum absolute atomic E-state index is 12.2. The van der Waals surface area contributed by atoms with Crippen molar-refractivity contribution in [3.8, 4) is 0 Å². The minimum atomic E-state index is -2.43. The van der Waals surface area contributed by atoms with Crippen LogP contribution in [0.2, 0.25) is 0 Å². The normalized spacial score (nSPS) is 15.5. The quantitative estimate of drug-likeness (QED) is 0.792. The van der Waals surface area contributed by atoms with Crippen LogP contribution in [-0.4, -0.2) is 12.5 Å². The summed E-state index contributed by atoms with van der Waals surface area (Å²) in [6.45, 7) is 1.91. The first-order valence-corrected chi connectivity index (χ1v) is 4.70. The summed E-state index contributed by atoms with van der Waals surface area (Å²) in [5.74, 6) is 0.0835. The molecule has 0 fully saturated rings. The van der Waals surface area contributed by atoms with Crippen molar-refractivity contribution in [1.29, 1.82) is 0 Å². The van der Waals surface area contributed by atoms with Gasteiger partial charge in [0.1, 0.15) is 0 Å². The first-order valence-electron chi connectivity index (χ1n) is 4.70. The van der Waals surface area contributed by atoms with Crippen molar-refractivity contribution in [3.63, 3.8) is 0 Å². The molecule has 0 spiro atoms. The Bertz CT molecular complexity index is 261. The van der Waals surface area contributed by atoms with E-state index in [1.807, 2.05) is 37.3 Å². The van der Waals surface area contributed by atoms with E-state index in [-0.39, 0.29) is 5.92 Å². The predicted molar refractivity (Wildman–Crippen MR) is 53.5 cm³/mol. The Labute approximate surface area is 82.9 Å². The van der Waals surface area contributed by atoms with Crippen LogP contribution in [0.15, 0.2) is 30.3 Å². The Morgan fingerprint density at radius 3 is 2.29 bits per heavy atom. The summed E-state index contributed by atoms with van der Waals surface area (Å²) in [6, 6.07) is 8.55. The lowest BCUT2D eigenvalue weighted by atomic mass is 9.94. The molecule has 1 aromatic carbocycles. The van der Waals surface area contributed by atoms with E-state index in [2.05, 4.69) is 0 Å². The lowest BCUT2D eigenvalue weighted by Gasteiger charge is -2.16. The van der Waals surface area contributed by atoms with E-state index >= 15 is 0 Å². The molecule has 2 atom stereocenters. The van der Waals surface area contributed by atoms with Crippen LogP contribution in [0.5, 0.6) is 0 Å². The first kappa shape index (κ1) is 11.1. The van der Waals surface area contributed by atoms with Gasteiger partial charge < -0.3 is 5.73 Å². The summed E-state index contributed by atoms with van der Waals surface area (Å²) in [5, 5.41) is 0. The number of nitrogens with two attached hydrogens (primary N) is 1. The fourth-order valence-electron chi connectivity index (χ4n) is 1.43. The molecule has 3 heteroatoms. The zero-order valence-corrected chi connectivity index (χ0v) is 8.16. The van der Waals surface area contributed by atoms with Crippen LogP contribution in [0.3, 0.4) is 0 Å². The second-order valence-electron chi connectivity index (χ2n) is 3.55. The number of hydrogen-bond donors (Lipinski definition) is 1. The summed E-state index contributed by atoms with van der Waals surface area (Å²) >= 11 is 0. The molecule has 1 rings (SSSR count). The van der Waals surface area contributed by atoms with E-state index in [9.17, 15) is 8.78 Å². The fraction of sp³-hybridized carbons (Fsp3) is 0.455. The van der Waals surface area contributed by atoms with Gasteiger partial charge >= 0.3 is 0 Å². The molecule has 0 saturated carbocycles. The predicted octanol–water partition coefficient (Wildman–Crippen LogP) is 2.77. The Balaban J connectivity index is 2.55. The lowest BCUT2D eigenvalue weighted by Crippen LogP contribution is -2.30. The van der Waals surface area contributed by atoms with Gasteiger partial charge in [0.25, 0.3) is 6.43 Å². The van der Waals surface area contributed by atoms with Crippen LogP contribution in [0.25, 0.3) is 0 Å². The van der Waals surface area contributed by atoms with Gasteiger partial charge in [0, 0.05) is 0 Å². The van der Waals surface area contributed by atoms with Crippen LogP contribution in [-0.2, 0) is 0 Å². The fourth-order valence-corrected chi connectivity index (χ4v) is 1.43. The molecule has 78 valence electrons. The largest absolute Gasteiger partial charge is 0.323 e. The number of benzene rings is 1. The van der Waals surface area contributed by atoms with E-state index in [1.54, 1.807) is 0 Å². The Morgan fingerprint density at radius 1 is 1.21 bits per heavy atom. The van der Waals surface area contributed by atoms with Gasteiger partial charge in [0.15, 0.2) is 0 Å². The van der Waals surface area contributed by atoms with Crippen molar-refractivity contribution in [3.05, 3.63) is 35.9 Å². The van der Waals surface area contributed by atoms with Crippen molar-refractivity contribution in [2.45, 2.75) is 31.7 Å². The van der Waals surface area contributed by atoms with Gasteiger partial charge in [-0.25, -0.2) is 8.78 Å². The zero-order valence-electron chi connectivity index (χ0n) is 8.16. The highest BCUT2D eigenvalue weighted by Crippen LogP contribution is 2.21. The van der Waals surface area contributed by atoms with E-state index in [1.165, 1.54) is 0 Å². The second kappa shape index (κ2) is 5.05. The van der Waals surface area contributed by atoms with Gasteiger partial charge in [-0.1, -0.05) is 37.3 Å². The highest BCUT2D eigenvalue weighted by Gasteiger charge is 2.18. The molecule has 14 heavy (non-hydrogen) atoms. The average Bonchev–Trinajstić information content (AvgIpc) is 2.19. The van der Waals surface area contributed by atoms with E-state index in [0.29, 0.717) is 6.42 Å². The minimum Gasteiger partial charge on any atom is -0.323 e. The SMILES string of the molecule is CC(CC(N)C(F)F)c1ccccc1. The number of rotatable bonds is 4. The summed E-state index contributed by atoms with van der Waals surface area (Å²) in [5.41, 5.74) is 6.36. The highest BCUT2D eigenvalue weighted by atomic mass is 19.3. The molecule has 2 N–H and O–H groups in total. The molecule has 0 aliphatic heterocycles. The van der Waals surface area contributed by atoms with Crippen molar-refractivity contribution in [2.24, 2.45) is 5.73 Å². The summed E-state index contributed by atoms with van der Waals surface area (Å²) in [4.78, 5) is 0. The molecule has 0 aliphatic rings. The van der Waals surface area contributed by atoms with Gasteiger partial charge in [0.2, 0.25) is 0 Å². The molecule has 2 unspecified atom stereocenters. The van der Waals surface area contributed by atoms with Crippen LogP contribution < -0.4 is 5.73 Å². The van der Waals surface area contributed by atoms with Gasteiger partial charge in [-0.2, -0.15) is 0 Å². The molecule has 1 aromatic rings. The molecule has 0 bridgehead atoms. The van der Waals surface area contributed by atoms with Crippen LogP contribution in [0.1, 0.15) is 24.8 Å². The molecule has 0 heterocycles. The van der Waals surface area contributed by atoms with Gasteiger partial charge in [-0.3, -0.25) is 0 Å². The van der Waals surface area contributed by atoms with Crippen LogP contribution in [0, 0.1) is 0 Å². The van der Waals surface area contributed by atoms with Gasteiger partial charge in [-0.05, 0) is 17.9 Å². The third-order valence-corrected chi connectivity index (χ3v) is 2.32. The Kier molecular flexibility index (Phi) is 4.01.